The van der Waals surface area contributed by atoms with Crippen molar-refractivity contribution >= 4 is 16.6 Å². The van der Waals surface area contributed by atoms with E-state index in [0.717, 1.165) is 23.3 Å². The van der Waals surface area contributed by atoms with Gasteiger partial charge in [-0.05, 0) is 55.7 Å². The lowest BCUT2D eigenvalue weighted by atomic mass is 9.87. The molecule has 1 aromatic carbocycles. The third kappa shape index (κ3) is 1.84. The highest BCUT2D eigenvalue weighted by Gasteiger charge is 2.38. The van der Waals surface area contributed by atoms with E-state index in [2.05, 4.69) is 52.8 Å². The van der Waals surface area contributed by atoms with Crippen LogP contribution in [0.2, 0.25) is 0 Å². The molecule has 2 bridgehead atoms. The smallest absolute Gasteiger partial charge is 0.0651 e. The van der Waals surface area contributed by atoms with E-state index in [9.17, 15) is 0 Å². The lowest BCUT2D eigenvalue weighted by Crippen LogP contribution is -2.28. The van der Waals surface area contributed by atoms with Crippen molar-refractivity contribution < 1.29 is 0 Å². The van der Waals surface area contributed by atoms with E-state index in [0.29, 0.717) is 6.04 Å². The van der Waals surface area contributed by atoms with Gasteiger partial charge < -0.3 is 5.32 Å². The van der Waals surface area contributed by atoms with Crippen molar-refractivity contribution in [2.75, 3.05) is 5.32 Å². The van der Waals surface area contributed by atoms with E-state index < -0.39 is 0 Å². The van der Waals surface area contributed by atoms with Crippen molar-refractivity contribution in [2.45, 2.75) is 25.8 Å². The van der Waals surface area contributed by atoms with Crippen LogP contribution in [-0.2, 0) is 0 Å². The average Bonchev–Trinajstić information content (AvgIpc) is 3.13. The molecule has 2 aromatic rings. The van der Waals surface area contributed by atoms with Crippen molar-refractivity contribution in [3.05, 3.63) is 36.5 Å². The predicted molar refractivity (Wildman–Crippen MR) is 78.0 cm³/mol. The predicted octanol–water partition coefficient (Wildman–Crippen LogP) is 3.58. The summed E-state index contributed by atoms with van der Waals surface area (Å²) in [6, 6.07) is 6.94. The first kappa shape index (κ1) is 11.1. The summed E-state index contributed by atoms with van der Waals surface area (Å²) in [4.78, 5) is 0. The third-order valence-electron chi connectivity index (χ3n) is 4.81. The van der Waals surface area contributed by atoms with Gasteiger partial charge in [0.25, 0.3) is 0 Å². The van der Waals surface area contributed by atoms with Crippen LogP contribution >= 0.6 is 0 Å². The van der Waals surface area contributed by atoms with E-state index in [1.165, 1.54) is 23.9 Å². The summed E-state index contributed by atoms with van der Waals surface area (Å²) >= 11 is 0. The normalized spacial score (nSPS) is 30.1. The van der Waals surface area contributed by atoms with Gasteiger partial charge in [0.1, 0.15) is 0 Å². The van der Waals surface area contributed by atoms with E-state index in [1.807, 2.05) is 6.20 Å². The number of H-pyrrole nitrogens is 1. The molecule has 0 amide bonds. The summed E-state index contributed by atoms with van der Waals surface area (Å²) < 4.78 is 0. The summed E-state index contributed by atoms with van der Waals surface area (Å²) in [5, 5.41) is 11.9. The molecule has 2 aliphatic carbocycles. The van der Waals surface area contributed by atoms with Gasteiger partial charge >= 0.3 is 0 Å². The average molecular weight is 253 g/mol. The van der Waals surface area contributed by atoms with Gasteiger partial charge in [0.05, 0.1) is 11.7 Å². The van der Waals surface area contributed by atoms with Crippen LogP contribution in [0.1, 0.15) is 19.8 Å². The standard InChI is InChI=1S/C16H19N3/c1-10(15-7-11-2-3-12(15)6-11)18-14-4-5-16-13(8-14)9-17-19-16/h2-5,8-12,15,18H,6-7H2,1H3,(H,17,19). The van der Waals surface area contributed by atoms with Gasteiger partial charge in [0.15, 0.2) is 0 Å². The van der Waals surface area contributed by atoms with Crippen LogP contribution in [0, 0.1) is 17.8 Å². The van der Waals surface area contributed by atoms with Gasteiger partial charge in [-0.15, -0.1) is 0 Å². The molecule has 98 valence electrons. The van der Waals surface area contributed by atoms with Crippen LogP contribution in [0.3, 0.4) is 0 Å². The Hall–Kier alpha value is -1.77. The van der Waals surface area contributed by atoms with Crippen molar-refractivity contribution in [3.8, 4) is 0 Å². The first-order chi connectivity index (χ1) is 9.29. The monoisotopic (exact) mass is 253 g/mol. The molecule has 0 spiro atoms. The van der Waals surface area contributed by atoms with Crippen molar-refractivity contribution in [1.29, 1.82) is 0 Å². The first-order valence-corrected chi connectivity index (χ1v) is 7.17. The Balaban J connectivity index is 1.52. The van der Waals surface area contributed by atoms with Crippen LogP contribution < -0.4 is 5.32 Å². The Morgan fingerprint density at radius 2 is 2.26 bits per heavy atom. The highest BCUT2D eigenvalue weighted by molar-refractivity contribution is 5.81. The third-order valence-corrected chi connectivity index (χ3v) is 4.81. The molecule has 1 saturated carbocycles. The second-order valence-corrected chi connectivity index (χ2v) is 6.05. The number of rotatable bonds is 3. The minimum absolute atomic E-state index is 0.532. The number of aromatic nitrogens is 2. The fourth-order valence-electron chi connectivity index (χ4n) is 3.80. The maximum atomic E-state index is 4.07. The number of fused-ring (bicyclic) bond motifs is 3. The molecule has 1 fully saturated rings. The Morgan fingerprint density at radius 1 is 1.32 bits per heavy atom. The quantitative estimate of drug-likeness (QED) is 0.821. The Labute approximate surface area is 113 Å². The summed E-state index contributed by atoms with van der Waals surface area (Å²) in [7, 11) is 0. The molecule has 1 aromatic heterocycles. The summed E-state index contributed by atoms with van der Waals surface area (Å²) in [5.41, 5.74) is 2.30. The zero-order valence-corrected chi connectivity index (χ0v) is 11.1. The molecular weight excluding hydrogens is 234 g/mol. The lowest BCUT2D eigenvalue weighted by Gasteiger charge is -2.27. The highest BCUT2D eigenvalue weighted by atomic mass is 15.1. The summed E-state index contributed by atoms with van der Waals surface area (Å²) in [6.45, 7) is 2.32. The first-order valence-electron chi connectivity index (χ1n) is 7.17. The van der Waals surface area contributed by atoms with E-state index >= 15 is 0 Å². The SMILES string of the molecule is CC(Nc1ccc2[nH]ncc2c1)C1CC2C=CC1C2. The summed E-state index contributed by atoms with van der Waals surface area (Å²) in [5.74, 6) is 2.43. The van der Waals surface area contributed by atoms with E-state index in [4.69, 9.17) is 0 Å². The Bertz CT molecular complexity index is 628. The van der Waals surface area contributed by atoms with Gasteiger partial charge in [-0.1, -0.05) is 12.2 Å². The number of hydrogen-bond acceptors (Lipinski definition) is 2. The Morgan fingerprint density at radius 3 is 3.05 bits per heavy atom. The number of nitrogens with one attached hydrogen (secondary N) is 2. The van der Waals surface area contributed by atoms with E-state index in [1.54, 1.807) is 0 Å². The fraction of sp³-hybridized carbons (Fsp3) is 0.438. The van der Waals surface area contributed by atoms with Crippen LogP contribution in [0.25, 0.3) is 10.9 Å². The van der Waals surface area contributed by atoms with Gasteiger partial charge in [-0.2, -0.15) is 5.10 Å². The van der Waals surface area contributed by atoms with Crippen molar-refractivity contribution in [3.63, 3.8) is 0 Å². The maximum Gasteiger partial charge on any atom is 0.0651 e. The number of nitrogens with zero attached hydrogens (tertiary/aromatic N) is 1. The minimum atomic E-state index is 0.532. The molecule has 19 heavy (non-hydrogen) atoms. The second-order valence-electron chi connectivity index (χ2n) is 6.05. The van der Waals surface area contributed by atoms with Gasteiger partial charge in [-0.25, -0.2) is 0 Å². The van der Waals surface area contributed by atoms with Gasteiger partial charge in [0, 0.05) is 17.1 Å². The zero-order chi connectivity index (χ0) is 12.8. The molecule has 2 aliphatic rings. The molecule has 4 unspecified atom stereocenters. The van der Waals surface area contributed by atoms with Gasteiger partial charge in [-0.3, -0.25) is 5.10 Å². The molecule has 3 heteroatoms. The van der Waals surface area contributed by atoms with Crippen molar-refractivity contribution in [1.82, 2.24) is 10.2 Å². The van der Waals surface area contributed by atoms with E-state index in [-0.39, 0.29) is 0 Å². The highest BCUT2D eigenvalue weighted by Crippen LogP contribution is 2.45. The molecule has 1 heterocycles. The molecule has 0 aliphatic heterocycles. The molecule has 0 radical (unpaired) electrons. The molecule has 2 N–H and O–H groups in total. The molecule has 3 nitrogen and oxygen atoms in total. The Kier molecular flexibility index (Phi) is 2.40. The van der Waals surface area contributed by atoms with Crippen LogP contribution in [0.4, 0.5) is 5.69 Å². The number of hydrogen-bond donors (Lipinski definition) is 2. The topological polar surface area (TPSA) is 40.7 Å². The number of benzene rings is 1. The zero-order valence-electron chi connectivity index (χ0n) is 11.1. The molecule has 0 saturated heterocycles. The number of aromatic amines is 1. The largest absolute Gasteiger partial charge is 0.382 e. The molecule has 4 atom stereocenters. The number of allylic oxidation sites excluding steroid dienone is 2. The molecule has 4 rings (SSSR count). The molecular formula is C16H19N3. The van der Waals surface area contributed by atoms with Crippen LogP contribution in [0.5, 0.6) is 0 Å². The maximum absolute atomic E-state index is 4.07. The minimum Gasteiger partial charge on any atom is -0.382 e. The lowest BCUT2D eigenvalue weighted by molar-refractivity contribution is 0.400. The van der Waals surface area contributed by atoms with Crippen LogP contribution in [0.15, 0.2) is 36.5 Å². The van der Waals surface area contributed by atoms with Crippen LogP contribution in [-0.4, -0.2) is 16.2 Å². The van der Waals surface area contributed by atoms with Gasteiger partial charge in [0.2, 0.25) is 0 Å². The summed E-state index contributed by atoms with van der Waals surface area (Å²) in [6.07, 6.45) is 9.44. The fourth-order valence-corrected chi connectivity index (χ4v) is 3.80. The number of anilines is 1. The second kappa shape index (κ2) is 4.12. The van der Waals surface area contributed by atoms with Crippen molar-refractivity contribution in [2.24, 2.45) is 17.8 Å².